The molecule has 0 spiro atoms. The highest BCUT2D eigenvalue weighted by molar-refractivity contribution is 5.88. The molecular weight excluding hydrogens is 386 g/mol. The van der Waals surface area contributed by atoms with Crippen LogP contribution < -0.4 is 19.5 Å². The second-order valence-corrected chi connectivity index (χ2v) is 7.75. The summed E-state index contributed by atoms with van der Waals surface area (Å²) in [6.45, 7) is 4.45. The smallest absolute Gasteiger partial charge is 0.163 e. The van der Waals surface area contributed by atoms with Crippen LogP contribution in [-0.4, -0.2) is 13.2 Å². The average molecular weight is 412 g/mol. The molecule has 5 rings (SSSR count). The topological polar surface area (TPSA) is 39.7 Å². The van der Waals surface area contributed by atoms with Gasteiger partial charge in [0.25, 0.3) is 0 Å². The van der Waals surface area contributed by atoms with Crippen molar-refractivity contribution in [3.63, 3.8) is 0 Å². The summed E-state index contributed by atoms with van der Waals surface area (Å²) in [4.78, 5) is 0. The van der Waals surface area contributed by atoms with E-state index in [2.05, 4.69) is 72.9 Å². The number of benzene rings is 4. The fraction of sp³-hybridized carbons (Fsp3) is 0.185. The van der Waals surface area contributed by atoms with Crippen LogP contribution in [0.3, 0.4) is 0 Å². The van der Waals surface area contributed by atoms with E-state index < -0.39 is 0 Å². The monoisotopic (exact) mass is 411 g/mol. The molecule has 4 aromatic carbocycles. The first-order chi connectivity index (χ1) is 15.3. The Labute approximate surface area is 182 Å². The molecule has 4 heteroatoms. The second kappa shape index (κ2) is 8.60. The molecule has 0 radical (unpaired) electrons. The SMILES string of the molecule is Cc1ccc(COc2ccc3ccccc3c2CNc2ccc3c(c2)OCCO3)cc1. The van der Waals surface area contributed by atoms with Crippen molar-refractivity contribution in [1.29, 1.82) is 0 Å². The molecule has 0 saturated carbocycles. The zero-order valence-electron chi connectivity index (χ0n) is 17.6. The number of hydrogen-bond acceptors (Lipinski definition) is 4. The van der Waals surface area contributed by atoms with Crippen LogP contribution in [0, 0.1) is 6.92 Å². The summed E-state index contributed by atoms with van der Waals surface area (Å²) in [7, 11) is 0. The van der Waals surface area contributed by atoms with Crippen LogP contribution in [0.4, 0.5) is 5.69 Å². The van der Waals surface area contributed by atoms with Crippen molar-refractivity contribution in [3.05, 3.63) is 95.6 Å². The summed E-state index contributed by atoms with van der Waals surface area (Å²) >= 11 is 0. The largest absolute Gasteiger partial charge is 0.489 e. The average Bonchev–Trinajstić information content (AvgIpc) is 2.82. The van der Waals surface area contributed by atoms with Gasteiger partial charge in [-0.2, -0.15) is 0 Å². The molecule has 156 valence electrons. The number of anilines is 1. The maximum Gasteiger partial charge on any atom is 0.163 e. The van der Waals surface area contributed by atoms with Crippen molar-refractivity contribution in [3.8, 4) is 17.2 Å². The van der Waals surface area contributed by atoms with E-state index in [9.17, 15) is 0 Å². The minimum atomic E-state index is 0.537. The van der Waals surface area contributed by atoms with E-state index in [1.54, 1.807) is 0 Å². The van der Waals surface area contributed by atoms with Crippen molar-refractivity contribution >= 4 is 16.5 Å². The number of rotatable bonds is 6. The maximum absolute atomic E-state index is 6.27. The van der Waals surface area contributed by atoms with Crippen molar-refractivity contribution in [2.45, 2.75) is 20.1 Å². The molecular formula is C27H25NO3. The van der Waals surface area contributed by atoms with Crippen molar-refractivity contribution in [2.75, 3.05) is 18.5 Å². The first kappa shape index (κ1) is 19.3. The molecule has 4 aromatic rings. The Morgan fingerprint density at radius 1 is 0.839 bits per heavy atom. The highest BCUT2D eigenvalue weighted by atomic mass is 16.6. The molecule has 1 aliphatic rings. The summed E-state index contributed by atoms with van der Waals surface area (Å²) in [5.74, 6) is 2.47. The van der Waals surface area contributed by atoms with Crippen LogP contribution in [0.5, 0.6) is 17.2 Å². The highest BCUT2D eigenvalue weighted by Crippen LogP contribution is 2.34. The Hall–Kier alpha value is -3.66. The maximum atomic E-state index is 6.27. The molecule has 0 aromatic heterocycles. The number of fused-ring (bicyclic) bond motifs is 2. The van der Waals surface area contributed by atoms with Gasteiger partial charge in [-0.1, -0.05) is 60.2 Å². The summed E-state index contributed by atoms with van der Waals surface area (Å²) < 4.78 is 17.6. The third kappa shape index (κ3) is 4.29. The van der Waals surface area contributed by atoms with Crippen LogP contribution >= 0.6 is 0 Å². The van der Waals surface area contributed by atoms with Crippen molar-refractivity contribution in [1.82, 2.24) is 0 Å². The minimum Gasteiger partial charge on any atom is -0.489 e. The van der Waals surface area contributed by atoms with Gasteiger partial charge in [-0.05, 0) is 41.5 Å². The van der Waals surface area contributed by atoms with E-state index in [0.29, 0.717) is 26.4 Å². The Morgan fingerprint density at radius 3 is 2.52 bits per heavy atom. The van der Waals surface area contributed by atoms with E-state index in [-0.39, 0.29) is 0 Å². The van der Waals surface area contributed by atoms with Crippen LogP contribution in [-0.2, 0) is 13.2 Å². The van der Waals surface area contributed by atoms with E-state index in [4.69, 9.17) is 14.2 Å². The first-order valence-electron chi connectivity index (χ1n) is 10.6. The van der Waals surface area contributed by atoms with E-state index >= 15 is 0 Å². The molecule has 0 atom stereocenters. The molecule has 31 heavy (non-hydrogen) atoms. The number of nitrogens with one attached hydrogen (secondary N) is 1. The zero-order chi connectivity index (χ0) is 21.0. The third-order valence-electron chi connectivity index (χ3n) is 5.52. The Balaban J connectivity index is 1.40. The van der Waals surface area contributed by atoms with Gasteiger partial charge in [0.2, 0.25) is 0 Å². The lowest BCUT2D eigenvalue weighted by molar-refractivity contribution is 0.171. The number of hydrogen-bond donors (Lipinski definition) is 1. The van der Waals surface area contributed by atoms with Gasteiger partial charge < -0.3 is 19.5 Å². The van der Waals surface area contributed by atoms with Gasteiger partial charge in [0.05, 0.1) is 0 Å². The predicted molar refractivity (Wildman–Crippen MR) is 124 cm³/mol. The fourth-order valence-electron chi connectivity index (χ4n) is 3.82. The van der Waals surface area contributed by atoms with E-state index in [1.807, 2.05) is 18.2 Å². The Bertz CT molecular complexity index is 1200. The predicted octanol–water partition coefficient (Wildman–Crippen LogP) is 6.11. The van der Waals surface area contributed by atoms with Gasteiger partial charge >= 0.3 is 0 Å². The number of ether oxygens (including phenoxy) is 3. The first-order valence-corrected chi connectivity index (χ1v) is 10.6. The molecule has 1 heterocycles. The van der Waals surface area contributed by atoms with Gasteiger partial charge in [0, 0.05) is 23.9 Å². The fourth-order valence-corrected chi connectivity index (χ4v) is 3.82. The standard InChI is InChI=1S/C27H25NO3/c1-19-6-8-20(9-7-19)18-31-25-12-10-21-4-2-3-5-23(21)24(25)17-28-22-11-13-26-27(16-22)30-15-14-29-26/h2-13,16,28H,14-15,17-18H2,1H3. The Kier molecular flexibility index (Phi) is 5.36. The molecule has 0 aliphatic carbocycles. The van der Waals surface area contributed by atoms with Crippen LogP contribution in [0.1, 0.15) is 16.7 Å². The normalized spacial score (nSPS) is 12.5. The summed E-state index contributed by atoms with van der Waals surface area (Å²) in [6.07, 6.45) is 0. The third-order valence-corrected chi connectivity index (χ3v) is 5.52. The van der Waals surface area contributed by atoms with Crippen LogP contribution in [0.15, 0.2) is 78.9 Å². The summed E-state index contributed by atoms with van der Waals surface area (Å²) in [5.41, 5.74) is 4.53. The highest BCUT2D eigenvalue weighted by Gasteiger charge is 2.13. The molecule has 0 bridgehead atoms. The van der Waals surface area contributed by atoms with E-state index in [0.717, 1.165) is 34.1 Å². The molecule has 1 aliphatic heterocycles. The summed E-state index contributed by atoms with van der Waals surface area (Å²) in [6, 6.07) is 27.0. The number of aryl methyl sites for hydroxylation is 1. The molecule has 0 amide bonds. The Morgan fingerprint density at radius 2 is 1.65 bits per heavy atom. The molecule has 0 saturated heterocycles. The lowest BCUT2D eigenvalue weighted by Crippen LogP contribution is -2.15. The molecule has 0 fully saturated rings. The zero-order valence-corrected chi connectivity index (χ0v) is 17.6. The van der Waals surface area contributed by atoms with Gasteiger partial charge in [0.15, 0.2) is 11.5 Å². The molecule has 1 N–H and O–H groups in total. The van der Waals surface area contributed by atoms with Crippen molar-refractivity contribution in [2.24, 2.45) is 0 Å². The quantitative estimate of drug-likeness (QED) is 0.415. The van der Waals surface area contributed by atoms with Crippen molar-refractivity contribution < 1.29 is 14.2 Å². The molecule has 0 unspecified atom stereocenters. The van der Waals surface area contributed by atoms with Gasteiger partial charge in [-0.3, -0.25) is 0 Å². The minimum absolute atomic E-state index is 0.537. The van der Waals surface area contributed by atoms with Gasteiger partial charge in [-0.25, -0.2) is 0 Å². The lowest BCUT2D eigenvalue weighted by atomic mass is 10.0. The van der Waals surface area contributed by atoms with Crippen LogP contribution in [0.2, 0.25) is 0 Å². The van der Waals surface area contributed by atoms with E-state index in [1.165, 1.54) is 16.3 Å². The summed E-state index contributed by atoms with van der Waals surface area (Å²) in [5, 5.41) is 5.92. The second-order valence-electron chi connectivity index (χ2n) is 7.75. The van der Waals surface area contributed by atoms with Gasteiger partial charge in [0.1, 0.15) is 25.6 Å². The van der Waals surface area contributed by atoms with Crippen LogP contribution in [0.25, 0.3) is 10.8 Å². The lowest BCUT2D eigenvalue weighted by Gasteiger charge is -2.20. The molecule has 4 nitrogen and oxygen atoms in total. The van der Waals surface area contributed by atoms with Gasteiger partial charge in [-0.15, -0.1) is 0 Å².